The van der Waals surface area contributed by atoms with Gasteiger partial charge in [-0.15, -0.1) is 0 Å². The van der Waals surface area contributed by atoms with Crippen molar-refractivity contribution in [3.63, 3.8) is 0 Å². The Morgan fingerprint density at radius 2 is 1.73 bits per heavy atom. The van der Waals surface area contributed by atoms with E-state index in [1.165, 1.54) is 23.7 Å². The van der Waals surface area contributed by atoms with Crippen LogP contribution in [0.25, 0.3) is 0 Å². The van der Waals surface area contributed by atoms with Crippen molar-refractivity contribution in [3.8, 4) is 5.75 Å². The van der Waals surface area contributed by atoms with Gasteiger partial charge in [0.05, 0.1) is 5.69 Å². The normalized spacial score (nSPS) is 22.6. The lowest BCUT2D eigenvalue weighted by Gasteiger charge is -2.35. The molecule has 48 heavy (non-hydrogen) atoms. The zero-order valence-electron chi connectivity index (χ0n) is 29.4. The molecule has 3 aromatic rings. The van der Waals surface area contributed by atoms with E-state index >= 15 is 0 Å². The Hall–Kier alpha value is -3.23. The number of aliphatic carboxylic acids is 1. The summed E-state index contributed by atoms with van der Waals surface area (Å²) in [6, 6.07) is 17.2. The molecule has 3 atom stereocenters. The molecule has 2 aliphatic heterocycles. The smallest absolute Gasteiger partial charge is 0.321 e. The van der Waals surface area contributed by atoms with Gasteiger partial charge in [0.2, 0.25) is 0 Å². The third-order valence-corrected chi connectivity index (χ3v) is 10.9. The van der Waals surface area contributed by atoms with Gasteiger partial charge in [-0.05, 0) is 120 Å². The second-order valence-corrected chi connectivity index (χ2v) is 15.5. The lowest BCUT2D eigenvalue weighted by Crippen LogP contribution is -2.46. The summed E-state index contributed by atoms with van der Waals surface area (Å²) in [4.78, 5) is 17.4. The molecule has 260 valence electrons. The van der Waals surface area contributed by atoms with Gasteiger partial charge in [0, 0.05) is 50.1 Å². The number of benzene rings is 2. The number of nitrogens with zero attached hydrogens (tertiary/aromatic N) is 4. The van der Waals surface area contributed by atoms with Crippen LogP contribution >= 0.6 is 0 Å². The highest BCUT2D eigenvalue weighted by Gasteiger charge is 2.43. The maximum absolute atomic E-state index is 14.4. The number of carbonyl (C=O) groups is 1. The van der Waals surface area contributed by atoms with E-state index in [0.717, 1.165) is 94.7 Å². The fourth-order valence-electron chi connectivity index (χ4n) is 8.67. The van der Waals surface area contributed by atoms with E-state index in [1.54, 1.807) is 12.1 Å². The number of aryl methyl sites for hydroxylation is 1. The fraction of sp³-hybridized carbons (Fsp3) is 0.600. The van der Waals surface area contributed by atoms with Crippen molar-refractivity contribution in [2.24, 2.45) is 11.8 Å². The molecule has 3 fully saturated rings. The van der Waals surface area contributed by atoms with Crippen LogP contribution in [0.15, 0.2) is 54.6 Å². The quantitative estimate of drug-likeness (QED) is 0.227. The lowest BCUT2D eigenvalue weighted by atomic mass is 9.83. The molecular weight excluding hydrogens is 603 g/mol. The van der Waals surface area contributed by atoms with Crippen LogP contribution in [0.5, 0.6) is 5.75 Å². The summed E-state index contributed by atoms with van der Waals surface area (Å²) in [5.41, 5.74) is 4.45. The summed E-state index contributed by atoms with van der Waals surface area (Å²) in [5, 5.41) is 15.4. The van der Waals surface area contributed by atoms with Crippen molar-refractivity contribution < 1.29 is 19.0 Å². The number of carboxylic acids is 1. The maximum atomic E-state index is 14.4. The lowest BCUT2D eigenvalue weighted by molar-refractivity contribution is -0.145. The van der Waals surface area contributed by atoms with Crippen LogP contribution in [0, 0.1) is 17.7 Å². The first-order valence-corrected chi connectivity index (χ1v) is 18.4. The van der Waals surface area contributed by atoms with E-state index in [1.807, 2.05) is 18.2 Å². The Morgan fingerprint density at radius 1 is 1.00 bits per heavy atom. The largest absolute Gasteiger partial charge is 0.488 e. The van der Waals surface area contributed by atoms with E-state index in [0.29, 0.717) is 12.5 Å². The number of aromatic nitrogens is 2. The Balaban J connectivity index is 1.10. The number of hydrogen-bond acceptors (Lipinski definition) is 5. The predicted octanol–water partition coefficient (Wildman–Crippen LogP) is 7.74. The maximum Gasteiger partial charge on any atom is 0.321 e. The highest BCUT2D eigenvalue weighted by molar-refractivity contribution is 5.74. The molecule has 8 heteroatoms. The molecule has 0 spiro atoms. The van der Waals surface area contributed by atoms with Crippen molar-refractivity contribution in [1.82, 2.24) is 19.6 Å². The van der Waals surface area contributed by atoms with Gasteiger partial charge in [0.15, 0.2) is 0 Å². The number of piperidine rings is 1. The summed E-state index contributed by atoms with van der Waals surface area (Å²) in [6.45, 7) is 13.6. The van der Waals surface area contributed by atoms with Crippen LogP contribution in [0.3, 0.4) is 0 Å². The first kappa shape index (κ1) is 34.6. The molecule has 2 aromatic carbocycles. The van der Waals surface area contributed by atoms with Gasteiger partial charge in [0.25, 0.3) is 0 Å². The minimum atomic E-state index is -0.695. The molecule has 3 unspecified atom stereocenters. The molecule has 0 bridgehead atoms. The molecule has 3 aliphatic rings. The highest BCUT2D eigenvalue weighted by atomic mass is 19.1. The Labute approximate surface area is 286 Å². The minimum absolute atomic E-state index is 0.127. The topological polar surface area (TPSA) is 70.8 Å². The van der Waals surface area contributed by atoms with Crippen LogP contribution in [0.4, 0.5) is 4.39 Å². The van der Waals surface area contributed by atoms with Crippen molar-refractivity contribution in [2.75, 3.05) is 32.7 Å². The van der Waals surface area contributed by atoms with Gasteiger partial charge in [-0.1, -0.05) is 43.5 Å². The van der Waals surface area contributed by atoms with E-state index in [-0.39, 0.29) is 29.2 Å². The van der Waals surface area contributed by atoms with Crippen LogP contribution in [-0.4, -0.2) is 75.0 Å². The van der Waals surface area contributed by atoms with Gasteiger partial charge in [-0.25, -0.2) is 4.39 Å². The Kier molecular flexibility index (Phi) is 10.9. The molecular formula is C40H55FN4O3. The number of rotatable bonds is 11. The Morgan fingerprint density at radius 3 is 2.38 bits per heavy atom. The molecule has 1 N–H and O–H groups in total. The average Bonchev–Trinajstić information content (AvgIpc) is 3.66. The summed E-state index contributed by atoms with van der Waals surface area (Å²) in [5.74, 6) is 1.03. The number of halogens is 1. The number of carboxylic acid groups (broad SMARTS) is 1. The number of hydrogen-bond donors (Lipinski definition) is 1. The molecule has 1 aromatic heterocycles. The van der Waals surface area contributed by atoms with E-state index in [2.05, 4.69) is 60.4 Å². The molecule has 1 aliphatic carbocycles. The van der Waals surface area contributed by atoms with Crippen molar-refractivity contribution in [3.05, 3.63) is 82.9 Å². The molecule has 6 rings (SSSR count). The van der Waals surface area contributed by atoms with Gasteiger partial charge in [-0.3, -0.25) is 14.4 Å². The number of likely N-dealkylation sites (tertiary alicyclic amines) is 2. The second-order valence-electron chi connectivity index (χ2n) is 15.5. The van der Waals surface area contributed by atoms with E-state index in [9.17, 15) is 14.3 Å². The molecule has 1 saturated carbocycles. The molecule has 7 nitrogen and oxygen atoms in total. The number of ether oxygens (including phenoxy) is 1. The fourth-order valence-corrected chi connectivity index (χ4v) is 8.67. The Bertz CT molecular complexity index is 1500. The second kappa shape index (κ2) is 15.1. The van der Waals surface area contributed by atoms with Gasteiger partial charge in [-0.2, -0.15) is 5.10 Å². The molecule has 0 amide bonds. The van der Waals surface area contributed by atoms with Crippen molar-refractivity contribution in [2.45, 2.75) is 109 Å². The minimum Gasteiger partial charge on any atom is -0.488 e. The summed E-state index contributed by atoms with van der Waals surface area (Å²) in [7, 11) is 0. The summed E-state index contributed by atoms with van der Waals surface area (Å²) < 4.78 is 22.6. The first-order valence-electron chi connectivity index (χ1n) is 18.4. The zero-order valence-corrected chi connectivity index (χ0v) is 29.4. The third-order valence-electron chi connectivity index (χ3n) is 10.9. The predicted molar refractivity (Wildman–Crippen MR) is 188 cm³/mol. The SMILES string of the molecule is CCn1nc(Cc2ccc(OC(C)(C)C)cc2)cc1C1CCN(CC2CN(C(C(=O)O)C3CCCCC3)CC2c2cccc(F)c2)CC1. The van der Waals surface area contributed by atoms with E-state index in [4.69, 9.17) is 9.84 Å². The van der Waals surface area contributed by atoms with Gasteiger partial charge >= 0.3 is 5.97 Å². The summed E-state index contributed by atoms with van der Waals surface area (Å²) in [6.07, 6.45) is 8.37. The molecule has 0 radical (unpaired) electrons. The van der Waals surface area contributed by atoms with Gasteiger partial charge < -0.3 is 14.7 Å². The van der Waals surface area contributed by atoms with Crippen molar-refractivity contribution >= 4 is 5.97 Å². The zero-order chi connectivity index (χ0) is 33.8. The van der Waals surface area contributed by atoms with Crippen LogP contribution in [0.2, 0.25) is 0 Å². The molecule has 3 heterocycles. The van der Waals surface area contributed by atoms with Crippen LogP contribution in [0.1, 0.15) is 107 Å². The van der Waals surface area contributed by atoms with Crippen molar-refractivity contribution in [1.29, 1.82) is 0 Å². The summed E-state index contributed by atoms with van der Waals surface area (Å²) >= 11 is 0. The molecule has 2 saturated heterocycles. The average molecular weight is 659 g/mol. The third kappa shape index (κ3) is 8.49. The van der Waals surface area contributed by atoms with E-state index < -0.39 is 12.0 Å². The van der Waals surface area contributed by atoms with Crippen LogP contribution in [-0.2, 0) is 17.8 Å². The van der Waals surface area contributed by atoms with Crippen LogP contribution < -0.4 is 4.74 Å². The standard InChI is InChI=1S/C40H55FN4O3/c1-5-45-37(24-34(42-45)22-28-14-16-35(17-15-28)48-40(2,3)4)29-18-20-43(21-19-29)25-32-26-44(27-36(32)31-12-9-13-33(41)23-31)38(39(46)47)30-10-7-6-8-11-30/h9,12-17,23-24,29-30,32,36,38H,5-8,10-11,18-22,25-27H2,1-4H3,(H,46,47). The van der Waals surface area contributed by atoms with Gasteiger partial charge in [0.1, 0.15) is 23.2 Å². The highest BCUT2D eigenvalue weighted by Crippen LogP contribution is 2.39. The monoisotopic (exact) mass is 658 g/mol. The first-order chi connectivity index (χ1) is 23.1.